The van der Waals surface area contributed by atoms with Crippen molar-refractivity contribution in [3.63, 3.8) is 0 Å². The van der Waals surface area contributed by atoms with Crippen LogP contribution in [0.3, 0.4) is 0 Å². The molecule has 8 heavy (non-hydrogen) atoms. The molecule has 0 spiro atoms. The van der Waals surface area contributed by atoms with Crippen LogP contribution >= 0.6 is 0 Å². The SMILES string of the molecule is C=CCNC([NH])C=C. The van der Waals surface area contributed by atoms with E-state index in [0.717, 1.165) is 0 Å². The Kier molecular flexibility index (Phi) is 4.21. The summed E-state index contributed by atoms with van der Waals surface area (Å²) in [5.74, 6) is 0. The van der Waals surface area contributed by atoms with Gasteiger partial charge < -0.3 is 0 Å². The van der Waals surface area contributed by atoms with Crippen molar-refractivity contribution in [2.45, 2.75) is 6.17 Å². The first kappa shape index (κ1) is 7.40. The Bertz CT molecular complexity index is 78.6. The molecule has 1 unspecified atom stereocenters. The van der Waals surface area contributed by atoms with Gasteiger partial charge in [0.05, 0.1) is 6.17 Å². The van der Waals surface area contributed by atoms with Gasteiger partial charge in [0.15, 0.2) is 0 Å². The van der Waals surface area contributed by atoms with Crippen LogP contribution in [0.25, 0.3) is 0 Å². The van der Waals surface area contributed by atoms with Gasteiger partial charge in [0, 0.05) is 6.54 Å². The zero-order valence-electron chi connectivity index (χ0n) is 4.85. The predicted molar refractivity (Wildman–Crippen MR) is 35.3 cm³/mol. The van der Waals surface area contributed by atoms with E-state index in [1.165, 1.54) is 6.08 Å². The fourth-order valence-electron chi connectivity index (χ4n) is 0.294. The van der Waals surface area contributed by atoms with Crippen LogP contribution in [0.5, 0.6) is 0 Å². The van der Waals surface area contributed by atoms with Gasteiger partial charge in [-0.3, -0.25) is 5.32 Å². The zero-order chi connectivity index (χ0) is 6.41. The van der Waals surface area contributed by atoms with Crippen LogP contribution in [0.4, 0.5) is 0 Å². The lowest BCUT2D eigenvalue weighted by Crippen LogP contribution is -2.27. The van der Waals surface area contributed by atoms with Crippen LogP contribution < -0.4 is 11.1 Å². The van der Waals surface area contributed by atoms with Crippen molar-refractivity contribution in [2.24, 2.45) is 0 Å². The summed E-state index contributed by atoms with van der Waals surface area (Å²) in [6.07, 6.45) is 2.89. The molecule has 2 N–H and O–H groups in total. The molecule has 0 amide bonds. The zero-order valence-corrected chi connectivity index (χ0v) is 4.85. The Morgan fingerprint density at radius 1 is 1.62 bits per heavy atom. The van der Waals surface area contributed by atoms with Crippen molar-refractivity contribution in [3.05, 3.63) is 25.3 Å². The molecule has 0 heterocycles. The average molecular weight is 111 g/mol. The predicted octanol–water partition coefficient (Wildman–Crippen LogP) is 0.557. The molecule has 0 aliphatic heterocycles. The van der Waals surface area contributed by atoms with Gasteiger partial charge in [0.1, 0.15) is 0 Å². The highest BCUT2D eigenvalue weighted by Crippen LogP contribution is 1.72. The molecule has 0 saturated heterocycles. The third kappa shape index (κ3) is 3.59. The van der Waals surface area contributed by atoms with Gasteiger partial charge in [-0.1, -0.05) is 12.2 Å². The molecular formula is C6H11N2. The Balaban J connectivity index is 3.09. The van der Waals surface area contributed by atoms with Gasteiger partial charge in [-0.25, -0.2) is 5.73 Å². The quantitative estimate of drug-likeness (QED) is 0.528. The van der Waals surface area contributed by atoms with E-state index in [-0.39, 0.29) is 6.17 Å². The lowest BCUT2D eigenvalue weighted by molar-refractivity contribution is 0.644. The third-order valence-corrected chi connectivity index (χ3v) is 0.718. The first-order valence-electron chi connectivity index (χ1n) is 2.49. The molecule has 1 atom stereocenters. The average Bonchev–Trinajstić information content (AvgIpc) is 1.83. The Morgan fingerprint density at radius 2 is 2.25 bits per heavy atom. The van der Waals surface area contributed by atoms with Crippen molar-refractivity contribution in [2.75, 3.05) is 6.54 Å². The molecule has 0 rings (SSSR count). The summed E-state index contributed by atoms with van der Waals surface area (Å²) >= 11 is 0. The highest BCUT2D eigenvalue weighted by atomic mass is 15.0. The smallest absolute Gasteiger partial charge is 0.0893 e. The van der Waals surface area contributed by atoms with Gasteiger partial charge in [0.2, 0.25) is 0 Å². The van der Waals surface area contributed by atoms with E-state index in [0.29, 0.717) is 6.54 Å². The van der Waals surface area contributed by atoms with E-state index in [1.54, 1.807) is 6.08 Å². The maximum absolute atomic E-state index is 7.05. The molecule has 0 bridgehead atoms. The third-order valence-electron chi connectivity index (χ3n) is 0.718. The van der Waals surface area contributed by atoms with Crippen LogP contribution in [-0.4, -0.2) is 12.7 Å². The topological polar surface area (TPSA) is 35.8 Å². The Labute approximate surface area is 50.1 Å². The second kappa shape index (κ2) is 4.56. The fraction of sp³-hybridized carbons (Fsp3) is 0.333. The van der Waals surface area contributed by atoms with Gasteiger partial charge in [-0.15, -0.1) is 13.2 Å². The minimum absolute atomic E-state index is 0.354. The molecular weight excluding hydrogens is 100 g/mol. The summed E-state index contributed by atoms with van der Waals surface area (Å²) in [4.78, 5) is 0. The first-order valence-corrected chi connectivity index (χ1v) is 2.49. The lowest BCUT2D eigenvalue weighted by atomic mass is 10.5. The fourth-order valence-corrected chi connectivity index (χ4v) is 0.294. The maximum atomic E-state index is 7.05. The van der Waals surface area contributed by atoms with E-state index < -0.39 is 0 Å². The van der Waals surface area contributed by atoms with Crippen LogP contribution in [0, 0.1) is 0 Å². The second-order valence-electron chi connectivity index (χ2n) is 1.41. The summed E-state index contributed by atoms with van der Waals surface area (Å²) in [6, 6.07) is 0. The highest BCUT2D eigenvalue weighted by Gasteiger charge is 1.88. The molecule has 0 fully saturated rings. The lowest BCUT2D eigenvalue weighted by Gasteiger charge is -2.02. The molecule has 0 aromatic heterocycles. The molecule has 0 aromatic carbocycles. The van der Waals surface area contributed by atoms with Crippen LogP contribution in [0.15, 0.2) is 25.3 Å². The molecule has 0 aliphatic rings. The van der Waals surface area contributed by atoms with Crippen molar-refractivity contribution in [3.8, 4) is 0 Å². The Hall–Kier alpha value is -0.600. The van der Waals surface area contributed by atoms with E-state index >= 15 is 0 Å². The summed E-state index contributed by atoms with van der Waals surface area (Å²) < 4.78 is 0. The van der Waals surface area contributed by atoms with Gasteiger partial charge >= 0.3 is 0 Å². The van der Waals surface area contributed by atoms with Crippen molar-refractivity contribution in [1.29, 1.82) is 0 Å². The normalized spacial score (nSPS) is 12.6. The molecule has 0 aromatic rings. The first-order chi connectivity index (χ1) is 3.81. The number of hydrogen-bond donors (Lipinski definition) is 1. The Morgan fingerprint density at radius 3 is 2.62 bits per heavy atom. The van der Waals surface area contributed by atoms with E-state index in [2.05, 4.69) is 18.5 Å². The molecule has 0 saturated carbocycles. The highest BCUT2D eigenvalue weighted by molar-refractivity contribution is 4.82. The minimum atomic E-state index is -0.354. The van der Waals surface area contributed by atoms with Crippen LogP contribution in [-0.2, 0) is 0 Å². The molecule has 2 heteroatoms. The molecule has 2 nitrogen and oxygen atoms in total. The molecule has 45 valence electrons. The van der Waals surface area contributed by atoms with Gasteiger partial charge in [-0.05, 0) is 0 Å². The summed E-state index contributed by atoms with van der Waals surface area (Å²) in [5, 5.41) is 2.81. The second-order valence-corrected chi connectivity index (χ2v) is 1.41. The van der Waals surface area contributed by atoms with E-state index in [4.69, 9.17) is 5.73 Å². The van der Waals surface area contributed by atoms with E-state index in [9.17, 15) is 0 Å². The van der Waals surface area contributed by atoms with E-state index in [1.807, 2.05) is 0 Å². The van der Waals surface area contributed by atoms with Crippen LogP contribution in [0.1, 0.15) is 0 Å². The maximum Gasteiger partial charge on any atom is 0.0893 e. The number of hydrogen-bond acceptors (Lipinski definition) is 1. The van der Waals surface area contributed by atoms with Gasteiger partial charge in [0.25, 0.3) is 0 Å². The number of nitrogens with one attached hydrogen (secondary N) is 2. The van der Waals surface area contributed by atoms with Crippen LogP contribution in [0.2, 0.25) is 0 Å². The van der Waals surface area contributed by atoms with Crippen molar-refractivity contribution >= 4 is 0 Å². The molecule has 1 radical (unpaired) electrons. The van der Waals surface area contributed by atoms with Gasteiger partial charge in [-0.2, -0.15) is 0 Å². The monoisotopic (exact) mass is 111 g/mol. The summed E-state index contributed by atoms with van der Waals surface area (Å²) in [7, 11) is 0. The summed E-state index contributed by atoms with van der Waals surface area (Å²) in [6.45, 7) is 7.58. The molecule has 0 aliphatic carbocycles. The standard InChI is InChI=1S/C6H11N2/c1-3-5-8-6(7)4-2/h3-4,6-8H,1-2,5H2. The van der Waals surface area contributed by atoms with Crippen molar-refractivity contribution < 1.29 is 0 Å². The number of rotatable bonds is 4. The minimum Gasteiger partial charge on any atom is -0.294 e. The summed E-state index contributed by atoms with van der Waals surface area (Å²) in [5.41, 5.74) is 7.05. The van der Waals surface area contributed by atoms with Crippen molar-refractivity contribution in [1.82, 2.24) is 11.1 Å². The largest absolute Gasteiger partial charge is 0.294 e.